The van der Waals surface area contributed by atoms with E-state index in [0.29, 0.717) is 18.0 Å². The molecular weight excluding hydrogens is 598 g/mol. The summed E-state index contributed by atoms with van der Waals surface area (Å²) >= 11 is 0. The molecule has 0 aromatic heterocycles. The van der Waals surface area contributed by atoms with Crippen LogP contribution >= 0.6 is 0 Å². The van der Waals surface area contributed by atoms with E-state index < -0.39 is 34.1 Å². The van der Waals surface area contributed by atoms with E-state index in [1.165, 1.54) is 17.0 Å². The van der Waals surface area contributed by atoms with E-state index in [0.717, 1.165) is 21.0 Å². The van der Waals surface area contributed by atoms with Crippen LogP contribution in [0.1, 0.15) is 44.4 Å². The number of sulfonamides is 1. The Hall–Kier alpha value is -4.63. The minimum atomic E-state index is -4.18. The van der Waals surface area contributed by atoms with Gasteiger partial charge in [0.25, 0.3) is 10.0 Å². The molecule has 0 fully saturated rings. The van der Waals surface area contributed by atoms with Crippen molar-refractivity contribution in [2.75, 3.05) is 17.5 Å². The summed E-state index contributed by atoms with van der Waals surface area (Å²) in [5.74, 6) is -0.254. The molecule has 0 spiro atoms. The molecule has 0 saturated heterocycles. The molecule has 242 valence electrons. The van der Waals surface area contributed by atoms with Crippen molar-refractivity contribution < 1.29 is 22.7 Å². The summed E-state index contributed by atoms with van der Waals surface area (Å²) in [5.41, 5.74) is 2.43. The maximum absolute atomic E-state index is 14.6. The lowest BCUT2D eigenvalue weighted by atomic mass is 10.00. The summed E-state index contributed by atoms with van der Waals surface area (Å²) in [5, 5.41) is 3.06. The van der Waals surface area contributed by atoms with Crippen LogP contribution in [0.5, 0.6) is 5.75 Å². The van der Waals surface area contributed by atoms with Gasteiger partial charge in [0, 0.05) is 18.5 Å². The molecule has 0 unspecified atom stereocenters. The Labute approximate surface area is 273 Å². The first kappa shape index (κ1) is 34.2. The van der Waals surface area contributed by atoms with Gasteiger partial charge in [-0.3, -0.25) is 13.9 Å². The fourth-order valence-corrected chi connectivity index (χ4v) is 6.54. The second-order valence-electron chi connectivity index (χ2n) is 12.1. The van der Waals surface area contributed by atoms with Crippen LogP contribution < -0.4 is 14.4 Å². The molecule has 2 amide bonds. The maximum atomic E-state index is 14.6. The third-order valence-electron chi connectivity index (χ3n) is 7.42. The van der Waals surface area contributed by atoms with Gasteiger partial charge in [-0.2, -0.15) is 0 Å². The topological polar surface area (TPSA) is 96.0 Å². The third kappa shape index (κ3) is 8.97. The van der Waals surface area contributed by atoms with Crippen LogP contribution in [0.25, 0.3) is 0 Å². The number of amides is 2. The number of hydrogen-bond acceptors (Lipinski definition) is 5. The monoisotopic (exact) mass is 641 g/mol. The van der Waals surface area contributed by atoms with Crippen molar-refractivity contribution in [3.8, 4) is 5.75 Å². The summed E-state index contributed by atoms with van der Waals surface area (Å²) in [4.78, 5) is 30.2. The fourth-order valence-electron chi connectivity index (χ4n) is 5.10. The van der Waals surface area contributed by atoms with Crippen molar-refractivity contribution in [2.24, 2.45) is 0 Å². The van der Waals surface area contributed by atoms with Crippen molar-refractivity contribution in [1.29, 1.82) is 0 Å². The average molecular weight is 642 g/mol. The summed E-state index contributed by atoms with van der Waals surface area (Å²) in [6, 6.07) is 30.9. The normalized spacial score (nSPS) is 12.2. The van der Waals surface area contributed by atoms with E-state index in [2.05, 4.69) is 5.32 Å². The number of benzene rings is 4. The molecule has 0 radical (unpaired) electrons. The lowest BCUT2D eigenvalue weighted by molar-refractivity contribution is -0.140. The SMILES string of the molecule is CCOc1ccc(N(CC(=O)N(Cc2ccccc2C)[C@@H](Cc2ccccc2)C(=O)NC(C)(C)C)S(=O)(=O)c2ccccc2)cc1. The summed E-state index contributed by atoms with van der Waals surface area (Å²) in [7, 11) is -4.18. The molecule has 0 aliphatic carbocycles. The van der Waals surface area contributed by atoms with Crippen LogP contribution in [-0.4, -0.2) is 49.9 Å². The Morgan fingerprint density at radius 3 is 2.00 bits per heavy atom. The highest BCUT2D eigenvalue weighted by Crippen LogP contribution is 2.27. The van der Waals surface area contributed by atoms with Crippen LogP contribution in [0.4, 0.5) is 5.69 Å². The van der Waals surface area contributed by atoms with Gasteiger partial charge in [0.1, 0.15) is 18.3 Å². The number of hydrogen-bond donors (Lipinski definition) is 1. The zero-order valence-corrected chi connectivity index (χ0v) is 28.0. The Bertz CT molecular complexity index is 1700. The zero-order valence-electron chi connectivity index (χ0n) is 27.1. The molecule has 9 heteroatoms. The van der Waals surface area contributed by atoms with Gasteiger partial charge in [-0.05, 0) is 87.7 Å². The van der Waals surface area contributed by atoms with Gasteiger partial charge in [0.05, 0.1) is 17.2 Å². The summed E-state index contributed by atoms with van der Waals surface area (Å²) in [6.07, 6.45) is 0.245. The Morgan fingerprint density at radius 2 is 1.41 bits per heavy atom. The Morgan fingerprint density at radius 1 is 0.826 bits per heavy atom. The molecular formula is C37H43N3O5S. The van der Waals surface area contributed by atoms with Gasteiger partial charge >= 0.3 is 0 Å². The van der Waals surface area contributed by atoms with E-state index >= 15 is 0 Å². The average Bonchev–Trinajstić information content (AvgIpc) is 3.03. The van der Waals surface area contributed by atoms with Crippen molar-refractivity contribution >= 4 is 27.5 Å². The van der Waals surface area contributed by atoms with E-state index in [9.17, 15) is 18.0 Å². The van der Waals surface area contributed by atoms with Gasteiger partial charge in [-0.1, -0.05) is 72.8 Å². The van der Waals surface area contributed by atoms with E-state index in [4.69, 9.17) is 4.74 Å². The molecule has 46 heavy (non-hydrogen) atoms. The van der Waals surface area contributed by atoms with Crippen molar-refractivity contribution in [3.63, 3.8) is 0 Å². The molecule has 1 N–H and O–H groups in total. The molecule has 4 aromatic carbocycles. The van der Waals surface area contributed by atoms with Crippen LogP contribution in [0.2, 0.25) is 0 Å². The second-order valence-corrected chi connectivity index (χ2v) is 14.0. The second kappa shape index (κ2) is 15.1. The number of carbonyl (C=O) groups excluding carboxylic acids is 2. The molecule has 0 bridgehead atoms. The van der Waals surface area contributed by atoms with E-state index in [-0.39, 0.29) is 23.8 Å². The Kier molecular flexibility index (Phi) is 11.2. The van der Waals surface area contributed by atoms with Crippen LogP contribution in [0.15, 0.2) is 114 Å². The first-order valence-electron chi connectivity index (χ1n) is 15.4. The minimum Gasteiger partial charge on any atom is -0.494 e. The van der Waals surface area contributed by atoms with Crippen molar-refractivity contribution in [1.82, 2.24) is 10.2 Å². The predicted molar refractivity (Wildman–Crippen MR) is 182 cm³/mol. The third-order valence-corrected chi connectivity index (χ3v) is 9.21. The molecule has 4 rings (SSSR count). The zero-order chi connectivity index (χ0) is 33.3. The summed E-state index contributed by atoms with van der Waals surface area (Å²) < 4.78 is 35.0. The molecule has 0 aliphatic heterocycles. The van der Waals surface area contributed by atoms with Crippen LogP contribution in [-0.2, 0) is 32.6 Å². The number of carbonyl (C=O) groups is 2. The van der Waals surface area contributed by atoms with Gasteiger partial charge in [-0.25, -0.2) is 8.42 Å². The smallest absolute Gasteiger partial charge is 0.264 e. The molecule has 8 nitrogen and oxygen atoms in total. The standard InChI is InChI=1S/C37H43N3O5S/c1-6-45-32-23-21-31(22-24-32)40(46(43,44)33-19-11-8-12-20-33)27-35(41)39(26-30-18-14-13-15-28(30)2)34(36(42)38-37(3,4)5)25-29-16-9-7-10-17-29/h7-24,34H,6,25-27H2,1-5H3,(H,38,42)/t34-/m0/s1. The van der Waals surface area contributed by atoms with Gasteiger partial charge in [0.15, 0.2) is 0 Å². The first-order valence-corrected chi connectivity index (χ1v) is 16.8. The molecule has 0 heterocycles. The number of rotatable bonds is 13. The van der Waals surface area contributed by atoms with Crippen molar-refractivity contribution in [2.45, 2.75) is 64.1 Å². The number of anilines is 1. The van der Waals surface area contributed by atoms with Crippen LogP contribution in [0.3, 0.4) is 0 Å². The highest BCUT2D eigenvalue weighted by atomic mass is 32.2. The number of ether oxygens (including phenoxy) is 1. The van der Waals surface area contributed by atoms with Crippen molar-refractivity contribution in [3.05, 3.63) is 126 Å². The number of aryl methyl sites for hydroxylation is 1. The first-order chi connectivity index (χ1) is 21.9. The molecule has 1 atom stereocenters. The molecule has 0 saturated carbocycles. The highest BCUT2D eigenvalue weighted by Gasteiger charge is 2.35. The molecule has 0 aliphatic rings. The van der Waals surface area contributed by atoms with Crippen LogP contribution in [0, 0.1) is 6.92 Å². The number of nitrogens with one attached hydrogen (secondary N) is 1. The lowest BCUT2D eigenvalue weighted by Crippen LogP contribution is -2.56. The van der Waals surface area contributed by atoms with Gasteiger partial charge in [0.2, 0.25) is 11.8 Å². The Balaban J connectivity index is 1.82. The highest BCUT2D eigenvalue weighted by molar-refractivity contribution is 7.92. The van der Waals surface area contributed by atoms with Gasteiger partial charge in [-0.15, -0.1) is 0 Å². The van der Waals surface area contributed by atoms with E-state index in [1.807, 2.05) is 89.2 Å². The van der Waals surface area contributed by atoms with E-state index in [1.54, 1.807) is 42.5 Å². The summed E-state index contributed by atoms with van der Waals surface area (Å²) in [6.45, 7) is 9.52. The lowest BCUT2D eigenvalue weighted by Gasteiger charge is -2.35. The minimum absolute atomic E-state index is 0.0495. The molecule has 4 aromatic rings. The quantitative estimate of drug-likeness (QED) is 0.189. The maximum Gasteiger partial charge on any atom is 0.264 e. The number of nitrogens with zero attached hydrogens (tertiary/aromatic N) is 2. The fraction of sp³-hybridized carbons (Fsp3) is 0.297. The predicted octanol–water partition coefficient (Wildman–Crippen LogP) is 6.14. The van der Waals surface area contributed by atoms with Gasteiger partial charge < -0.3 is 15.0 Å². The largest absolute Gasteiger partial charge is 0.494 e.